The molecule has 0 radical (unpaired) electrons. The van der Waals surface area contributed by atoms with E-state index in [1.54, 1.807) is 17.0 Å². The smallest absolute Gasteiger partial charge is 0.258 e. The summed E-state index contributed by atoms with van der Waals surface area (Å²) < 4.78 is 11.9. The molecule has 1 amide bonds. The molecule has 1 aromatic heterocycles. The number of aromatic nitrogens is 2. The van der Waals surface area contributed by atoms with Crippen molar-refractivity contribution in [2.75, 3.05) is 20.1 Å². The van der Waals surface area contributed by atoms with Crippen LogP contribution in [0.1, 0.15) is 53.9 Å². The van der Waals surface area contributed by atoms with E-state index >= 15 is 0 Å². The molecule has 0 spiro atoms. The number of hydrogen-bond acceptors (Lipinski definition) is 6. The van der Waals surface area contributed by atoms with E-state index in [1.165, 1.54) is 0 Å². The van der Waals surface area contributed by atoms with Crippen molar-refractivity contribution >= 4 is 16.8 Å². The molecule has 0 bridgehead atoms. The third-order valence-corrected chi connectivity index (χ3v) is 6.70. The number of carbonyl (C=O) groups is 1. The first-order chi connectivity index (χ1) is 16.4. The molecule has 3 aromatic rings. The van der Waals surface area contributed by atoms with Crippen molar-refractivity contribution in [3.8, 4) is 11.5 Å². The Kier molecular flexibility index (Phi) is 6.18. The maximum atomic E-state index is 13.4. The lowest BCUT2D eigenvalue weighted by molar-refractivity contribution is 0.0642. The molecule has 1 saturated heterocycles. The summed E-state index contributed by atoms with van der Waals surface area (Å²) >= 11 is 0. The Morgan fingerprint density at radius 2 is 1.94 bits per heavy atom. The lowest BCUT2D eigenvalue weighted by Gasteiger charge is -2.29. The highest BCUT2D eigenvalue weighted by atomic mass is 16.5. The van der Waals surface area contributed by atoms with Crippen LogP contribution in [0.15, 0.2) is 30.3 Å². The number of fused-ring (bicyclic) bond motifs is 2. The fourth-order valence-electron chi connectivity index (χ4n) is 4.69. The van der Waals surface area contributed by atoms with Gasteiger partial charge in [-0.1, -0.05) is 6.07 Å². The van der Waals surface area contributed by atoms with E-state index in [4.69, 9.17) is 9.47 Å². The summed E-state index contributed by atoms with van der Waals surface area (Å²) in [6.45, 7) is 7.36. The number of H-pyrrole nitrogens is 1. The molecule has 5 rings (SSSR count). The Hall–Kier alpha value is -3.10. The number of aromatic amines is 1. The normalized spacial score (nSPS) is 17.0. The number of rotatable bonds is 6. The van der Waals surface area contributed by atoms with Crippen molar-refractivity contribution in [3.63, 3.8) is 0 Å². The number of aromatic hydroxyl groups is 1. The van der Waals surface area contributed by atoms with Crippen molar-refractivity contribution in [2.45, 2.75) is 58.6 Å². The standard InChI is InChI=1S/C26H32N4O4/c1-16(2)33-15-24-21-11-22(25(31)12-23(21)27-28-24)26(32)30-13-17-4-5-20(10-18(17)14-30)34-19-6-8-29(3)9-7-19/h4-5,10-12,16,19,31H,6-9,13-15H2,1-3H3,(H,27,28). The molecule has 1 fully saturated rings. The number of carbonyl (C=O) groups excluding carboxylic acids is 1. The molecule has 8 heteroatoms. The Labute approximate surface area is 199 Å². The highest BCUT2D eigenvalue weighted by Gasteiger charge is 2.28. The van der Waals surface area contributed by atoms with Gasteiger partial charge in [0, 0.05) is 37.6 Å². The van der Waals surface area contributed by atoms with Crippen LogP contribution in [0.25, 0.3) is 10.9 Å². The van der Waals surface area contributed by atoms with Crippen LogP contribution in [0.3, 0.4) is 0 Å². The lowest BCUT2D eigenvalue weighted by atomic mass is 10.1. The fraction of sp³-hybridized carbons (Fsp3) is 0.462. The first-order valence-electron chi connectivity index (χ1n) is 11.9. The summed E-state index contributed by atoms with van der Waals surface area (Å²) in [6.07, 6.45) is 2.36. The molecular weight excluding hydrogens is 432 g/mol. The van der Waals surface area contributed by atoms with E-state index in [1.807, 2.05) is 26.0 Å². The quantitative estimate of drug-likeness (QED) is 0.576. The minimum absolute atomic E-state index is 0.0558. The van der Waals surface area contributed by atoms with Crippen LogP contribution in [0.2, 0.25) is 0 Å². The average Bonchev–Trinajstić information content (AvgIpc) is 3.41. The van der Waals surface area contributed by atoms with Crippen LogP contribution in [-0.2, 0) is 24.4 Å². The van der Waals surface area contributed by atoms with Crippen molar-refractivity contribution in [2.24, 2.45) is 0 Å². The summed E-state index contributed by atoms with van der Waals surface area (Å²) in [7, 11) is 2.14. The second-order valence-electron chi connectivity index (χ2n) is 9.66. The van der Waals surface area contributed by atoms with Gasteiger partial charge in [0.05, 0.1) is 29.5 Å². The molecule has 8 nitrogen and oxygen atoms in total. The van der Waals surface area contributed by atoms with Gasteiger partial charge in [-0.05, 0) is 63.1 Å². The van der Waals surface area contributed by atoms with E-state index in [9.17, 15) is 9.90 Å². The molecule has 0 aliphatic carbocycles. The number of hydrogen-bond donors (Lipinski definition) is 2. The van der Waals surface area contributed by atoms with E-state index in [-0.39, 0.29) is 29.4 Å². The van der Waals surface area contributed by atoms with E-state index in [0.717, 1.165) is 53.9 Å². The van der Waals surface area contributed by atoms with E-state index < -0.39 is 0 Å². The van der Waals surface area contributed by atoms with Crippen molar-refractivity contribution < 1.29 is 19.4 Å². The van der Waals surface area contributed by atoms with Gasteiger partial charge >= 0.3 is 0 Å². The van der Waals surface area contributed by atoms with Gasteiger partial charge in [0.15, 0.2) is 0 Å². The molecule has 0 atom stereocenters. The second kappa shape index (κ2) is 9.27. The molecule has 2 N–H and O–H groups in total. The van der Waals surface area contributed by atoms with Crippen molar-refractivity contribution in [1.82, 2.24) is 20.0 Å². The Morgan fingerprint density at radius 3 is 2.71 bits per heavy atom. The topological polar surface area (TPSA) is 90.9 Å². The number of nitrogens with zero attached hydrogens (tertiary/aromatic N) is 3. The highest BCUT2D eigenvalue weighted by Crippen LogP contribution is 2.32. The van der Waals surface area contributed by atoms with Gasteiger partial charge in [-0.3, -0.25) is 9.89 Å². The molecular formula is C26H32N4O4. The number of phenolic OH excluding ortho intramolecular Hbond substituents is 1. The highest BCUT2D eigenvalue weighted by molar-refractivity contribution is 6.01. The van der Waals surface area contributed by atoms with Crippen molar-refractivity contribution in [1.29, 1.82) is 0 Å². The summed E-state index contributed by atoms with van der Waals surface area (Å²) in [5.74, 6) is 0.602. The summed E-state index contributed by atoms with van der Waals surface area (Å²) in [5, 5.41) is 18.6. The number of nitrogens with one attached hydrogen (secondary N) is 1. The molecule has 0 unspecified atom stereocenters. The summed E-state index contributed by atoms with van der Waals surface area (Å²) in [6, 6.07) is 9.38. The summed E-state index contributed by atoms with van der Waals surface area (Å²) in [4.78, 5) is 17.5. The van der Waals surface area contributed by atoms with Gasteiger partial charge in [-0.2, -0.15) is 5.10 Å². The Morgan fingerprint density at radius 1 is 1.18 bits per heavy atom. The van der Waals surface area contributed by atoms with Crippen LogP contribution in [0, 0.1) is 0 Å². The van der Waals surface area contributed by atoms with Gasteiger partial charge in [0.25, 0.3) is 5.91 Å². The number of ether oxygens (including phenoxy) is 2. The SMILES string of the molecule is CC(C)OCc1n[nH]c2cc(O)c(C(=O)N3Cc4ccc(OC5CCN(C)CC5)cc4C3)cc12. The minimum atomic E-state index is -0.203. The number of amides is 1. The largest absolute Gasteiger partial charge is 0.507 e. The van der Waals surface area contributed by atoms with Crippen LogP contribution < -0.4 is 4.74 Å². The average molecular weight is 465 g/mol. The zero-order valence-corrected chi connectivity index (χ0v) is 20.0. The van der Waals surface area contributed by atoms with Crippen molar-refractivity contribution in [3.05, 3.63) is 52.7 Å². The van der Waals surface area contributed by atoms with Gasteiger partial charge in [-0.25, -0.2) is 0 Å². The molecule has 180 valence electrons. The van der Waals surface area contributed by atoms with Gasteiger partial charge in [-0.15, -0.1) is 0 Å². The second-order valence-corrected chi connectivity index (χ2v) is 9.66. The molecule has 2 aliphatic rings. The van der Waals surface area contributed by atoms with E-state index in [2.05, 4.69) is 28.2 Å². The fourth-order valence-corrected chi connectivity index (χ4v) is 4.69. The molecule has 2 aromatic carbocycles. The maximum absolute atomic E-state index is 13.4. The predicted octanol–water partition coefficient (Wildman–Crippen LogP) is 3.82. The third-order valence-electron chi connectivity index (χ3n) is 6.70. The minimum Gasteiger partial charge on any atom is -0.507 e. The Balaban J connectivity index is 1.31. The lowest BCUT2D eigenvalue weighted by Crippen LogP contribution is -2.35. The van der Waals surface area contributed by atoms with Crippen LogP contribution in [0.4, 0.5) is 0 Å². The summed E-state index contributed by atoms with van der Waals surface area (Å²) in [5.41, 5.74) is 3.87. The molecule has 3 heterocycles. The number of piperidine rings is 1. The van der Waals surface area contributed by atoms with Crippen LogP contribution in [-0.4, -0.2) is 63.4 Å². The first kappa shape index (κ1) is 22.7. The van der Waals surface area contributed by atoms with Crippen LogP contribution >= 0.6 is 0 Å². The van der Waals surface area contributed by atoms with Crippen LogP contribution in [0.5, 0.6) is 11.5 Å². The van der Waals surface area contributed by atoms with Gasteiger partial charge in [0.1, 0.15) is 17.6 Å². The predicted molar refractivity (Wildman–Crippen MR) is 129 cm³/mol. The number of benzene rings is 2. The van der Waals surface area contributed by atoms with E-state index in [0.29, 0.717) is 25.2 Å². The molecule has 2 aliphatic heterocycles. The zero-order chi connectivity index (χ0) is 23.8. The maximum Gasteiger partial charge on any atom is 0.258 e. The molecule has 34 heavy (non-hydrogen) atoms. The molecule has 0 saturated carbocycles. The zero-order valence-electron chi connectivity index (χ0n) is 20.0. The number of likely N-dealkylation sites (tertiary alicyclic amines) is 1. The van der Waals surface area contributed by atoms with Gasteiger partial charge < -0.3 is 24.4 Å². The first-order valence-corrected chi connectivity index (χ1v) is 11.9. The van der Waals surface area contributed by atoms with Gasteiger partial charge in [0.2, 0.25) is 0 Å². The Bertz CT molecular complexity index is 1200. The number of phenols is 1. The third kappa shape index (κ3) is 4.60. The monoisotopic (exact) mass is 464 g/mol.